The lowest BCUT2D eigenvalue weighted by Crippen LogP contribution is -2.39. The van der Waals surface area contributed by atoms with Gasteiger partial charge >= 0.3 is 5.69 Å². The molecule has 158 valence electrons. The normalized spacial score (nSPS) is 11.7. The highest BCUT2D eigenvalue weighted by Crippen LogP contribution is 2.16. The monoisotopic (exact) mass is 411 g/mol. The molecule has 0 saturated carbocycles. The molecule has 0 atom stereocenters. The smallest absolute Gasteiger partial charge is 0.332 e. The number of ether oxygens (including phenoxy) is 1. The topological polar surface area (TPSA) is 95.7 Å². The fraction of sp³-hybridized carbons (Fsp3) is 0.381. The zero-order valence-corrected chi connectivity index (χ0v) is 17.3. The maximum atomic E-state index is 13.3. The van der Waals surface area contributed by atoms with Gasteiger partial charge in [-0.1, -0.05) is 29.8 Å². The minimum atomic E-state index is -0.399. The highest BCUT2D eigenvalue weighted by atomic mass is 16.5. The van der Waals surface area contributed by atoms with Crippen molar-refractivity contribution in [3.05, 3.63) is 68.1 Å². The second kappa shape index (κ2) is 7.92. The molecule has 9 nitrogen and oxygen atoms in total. The summed E-state index contributed by atoms with van der Waals surface area (Å²) in [4.78, 5) is 30.8. The average molecular weight is 411 g/mol. The van der Waals surface area contributed by atoms with Crippen molar-refractivity contribution in [2.24, 2.45) is 7.05 Å². The predicted octanol–water partition coefficient (Wildman–Crippen LogP) is 0.823. The number of nitrogens with zero attached hydrogens (tertiary/aromatic N) is 5. The molecule has 0 saturated heterocycles. The zero-order valence-electron chi connectivity index (χ0n) is 17.3. The first-order chi connectivity index (χ1) is 14.4. The first-order valence-corrected chi connectivity index (χ1v) is 9.84. The third-order valence-corrected chi connectivity index (χ3v) is 5.26. The SMILES string of the molecule is Cc1cccc(Cn2c(=O)c3c(nc4n(CCOCCO)c(C)cn34)n(C)c2=O)c1. The van der Waals surface area contributed by atoms with Crippen LogP contribution in [-0.2, 0) is 24.9 Å². The van der Waals surface area contributed by atoms with Gasteiger partial charge in [-0.25, -0.2) is 4.79 Å². The number of hydrogen-bond donors (Lipinski definition) is 1. The van der Waals surface area contributed by atoms with Crippen LogP contribution in [-0.4, -0.2) is 48.0 Å². The molecule has 3 heterocycles. The Morgan fingerprint density at radius 3 is 2.67 bits per heavy atom. The van der Waals surface area contributed by atoms with Gasteiger partial charge in [0.1, 0.15) is 0 Å². The lowest BCUT2D eigenvalue weighted by molar-refractivity contribution is 0.0872. The van der Waals surface area contributed by atoms with Crippen LogP contribution in [0.1, 0.15) is 16.8 Å². The number of fused-ring (bicyclic) bond motifs is 3. The number of rotatable bonds is 7. The molecule has 0 radical (unpaired) electrons. The van der Waals surface area contributed by atoms with E-state index in [-0.39, 0.29) is 25.3 Å². The van der Waals surface area contributed by atoms with Crippen molar-refractivity contribution in [3.63, 3.8) is 0 Å². The first-order valence-electron chi connectivity index (χ1n) is 9.84. The number of aliphatic hydroxyl groups excluding tert-OH is 1. The fourth-order valence-corrected chi connectivity index (χ4v) is 3.79. The van der Waals surface area contributed by atoms with Crippen molar-refractivity contribution in [1.29, 1.82) is 0 Å². The molecule has 0 bridgehead atoms. The van der Waals surface area contributed by atoms with E-state index in [4.69, 9.17) is 9.84 Å². The summed E-state index contributed by atoms with van der Waals surface area (Å²) in [5.41, 5.74) is 2.85. The molecule has 1 aromatic carbocycles. The molecule has 4 aromatic rings. The van der Waals surface area contributed by atoms with Gasteiger partial charge in [-0.2, -0.15) is 4.98 Å². The first kappa shape index (κ1) is 20.1. The Labute approximate surface area is 172 Å². The van der Waals surface area contributed by atoms with E-state index in [1.807, 2.05) is 48.9 Å². The van der Waals surface area contributed by atoms with Crippen LogP contribution in [0.5, 0.6) is 0 Å². The quantitative estimate of drug-likeness (QED) is 0.455. The molecule has 0 amide bonds. The molecule has 3 aromatic heterocycles. The Kier molecular flexibility index (Phi) is 5.31. The molecule has 4 rings (SSSR count). The molecular formula is C21H25N5O4. The lowest BCUT2D eigenvalue weighted by atomic mass is 10.1. The number of benzene rings is 1. The van der Waals surface area contributed by atoms with Crippen molar-refractivity contribution in [2.45, 2.75) is 26.9 Å². The van der Waals surface area contributed by atoms with Crippen LogP contribution in [0.2, 0.25) is 0 Å². The second-order valence-corrected chi connectivity index (χ2v) is 7.43. The Balaban J connectivity index is 1.85. The number of aryl methyl sites for hydroxylation is 3. The largest absolute Gasteiger partial charge is 0.394 e. The maximum Gasteiger partial charge on any atom is 0.332 e. The molecule has 9 heteroatoms. The van der Waals surface area contributed by atoms with Gasteiger partial charge in [0.05, 0.1) is 26.4 Å². The van der Waals surface area contributed by atoms with Gasteiger partial charge in [-0.15, -0.1) is 0 Å². The van der Waals surface area contributed by atoms with E-state index in [1.165, 1.54) is 9.13 Å². The third kappa shape index (κ3) is 3.35. The molecule has 1 N–H and O–H groups in total. The molecule has 0 aliphatic rings. The van der Waals surface area contributed by atoms with Gasteiger partial charge in [0.2, 0.25) is 5.78 Å². The van der Waals surface area contributed by atoms with Gasteiger partial charge in [0.15, 0.2) is 11.2 Å². The van der Waals surface area contributed by atoms with E-state index < -0.39 is 5.69 Å². The minimum Gasteiger partial charge on any atom is -0.394 e. The van der Waals surface area contributed by atoms with Crippen molar-refractivity contribution in [2.75, 3.05) is 19.8 Å². The molecule has 0 fully saturated rings. The van der Waals surface area contributed by atoms with Crippen LogP contribution in [0.25, 0.3) is 16.9 Å². The van der Waals surface area contributed by atoms with Crippen LogP contribution in [0.3, 0.4) is 0 Å². The van der Waals surface area contributed by atoms with Crippen molar-refractivity contribution in [3.8, 4) is 0 Å². The maximum absolute atomic E-state index is 13.3. The van der Waals surface area contributed by atoms with Crippen molar-refractivity contribution >= 4 is 16.9 Å². The van der Waals surface area contributed by atoms with Gasteiger partial charge in [-0.3, -0.25) is 18.3 Å². The summed E-state index contributed by atoms with van der Waals surface area (Å²) in [5.74, 6) is 0.579. The lowest BCUT2D eigenvalue weighted by Gasteiger charge is -2.09. The van der Waals surface area contributed by atoms with Gasteiger partial charge in [-0.05, 0) is 19.4 Å². The Morgan fingerprint density at radius 2 is 1.93 bits per heavy atom. The van der Waals surface area contributed by atoms with E-state index in [0.717, 1.165) is 16.8 Å². The zero-order chi connectivity index (χ0) is 21.4. The molecule has 30 heavy (non-hydrogen) atoms. The van der Waals surface area contributed by atoms with Crippen LogP contribution < -0.4 is 11.2 Å². The average Bonchev–Trinajstić information content (AvgIpc) is 3.22. The van der Waals surface area contributed by atoms with Crippen molar-refractivity contribution < 1.29 is 9.84 Å². The second-order valence-electron chi connectivity index (χ2n) is 7.43. The Bertz CT molecular complexity index is 1340. The molecule has 0 spiro atoms. The minimum absolute atomic E-state index is 0.0318. The molecule has 0 aliphatic heterocycles. The van der Waals surface area contributed by atoms with Crippen LogP contribution in [0.4, 0.5) is 0 Å². The standard InChI is InChI=1S/C21H25N5O4/c1-14-5-4-6-16(11-14)13-26-19(28)17-18(23(3)21(26)29)22-20-24(7-9-30-10-8-27)15(2)12-25(17)20/h4-6,11-12,27H,7-10,13H2,1-3H3. The molecule has 0 unspecified atom stereocenters. The van der Waals surface area contributed by atoms with Gasteiger partial charge in [0, 0.05) is 25.5 Å². The highest BCUT2D eigenvalue weighted by Gasteiger charge is 2.20. The number of aromatic nitrogens is 5. The van der Waals surface area contributed by atoms with E-state index in [2.05, 4.69) is 4.98 Å². The number of imidazole rings is 2. The van der Waals surface area contributed by atoms with Crippen LogP contribution in [0, 0.1) is 13.8 Å². The van der Waals surface area contributed by atoms with E-state index in [1.54, 1.807) is 11.4 Å². The Morgan fingerprint density at radius 1 is 1.13 bits per heavy atom. The Hall–Kier alpha value is -3.17. The van der Waals surface area contributed by atoms with Crippen LogP contribution in [0.15, 0.2) is 40.1 Å². The van der Waals surface area contributed by atoms with Crippen molar-refractivity contribution in [1.82, 2.24) is 23.1 Å². The van der Waals surface area contributed by atoms with Gasteiger partial charge < -0.3 is 14.4 Å². The summed E-state index contributed by atoms with van der Waals surface area (Å²) in [6.07, 6.45) is 1.85. The predicted molar refractivity (Wildman–Crippen MR) is 113 cm³/mol. The summed E-state index contributed by atoms with van der Waals surface area (Å²) in [5, 5.41) is 8.86. The van der Waals surface area contributed by atoms with Gasteiger partial charge in [0.25, 0.3) is 5.56 Å². The van der Waals surface area contributed by atoms with E-state index >= 15 is 0 Å². The molecule has 0 aliphatic carbocycles. The van der Waals surface area contributed by atoms with E-state index in [9.17, 15) is 9.59 Å². The highest BCUT2D eigenvalue weighted by molar-refractivity contribution is 5.75. The summed E-state index contributed by atoms with van der Waals surface area (Å²) in [6.45, 7) is 5.28. The summed E-state index contributed by atoms with van der Waals surface area (Å²) in [7, 11) is 1.63. The number of aliphatic hydroxyl groups is 1. The summed E-state index contributed by atoms with van der Waals surface area (Å²) >= 11 is 0. The van der Waals surface area contributed by atoms with Crippen LogP contribution >= 0.6 is 0 Å². The van der Waals surface area contributed by atoms with E-state index in [0.29, 0.717) is 30.1 Å². The third-order valence-electron chi connectivity index (χ3n) is 5.26. The summed E-state index contributed by atoms with van der Waals surface area (Å²) < 4.78 is 11.7. The fourth-order valence-electron chi connectivity index (χ4n) is 3.79. The summed E-state index contributed by atoms with van der Waals surface area (Å²) in [6, 6.07) is 7.76. The number of hydrogen-bond acceptors (Lipinski definition) is 5. The molecular weight excluding hydrogens is 386 g/mol.